The Hall–Kier alpha value is -1.60. The van der Waals surface area contributed by atoms with Gasteiger partial charge in [0.15, 0.2) is 12.0 Å². The average molecular weight is 206 g/mol. The SMILES string of the molecule is CCN(CCC#N)Cc1ccc(C=O)o1. The van der Waals surface area contributed by atoms with Crippen molar-refractivity contribution in [2.45, 2.75) is 19.9 Å². The van der Waals surface area contributed by atoms with Gasteiger partial charge in [-0.15, -0.1) is 0 Å². The topological polar surface area (TPSA) is 57.2 Å². The molecule has 0 N–H and O–H groups in total. The molecule has 15 heavy (non-hydrogen) atoms. The highest BCUT2D eigenvalue weighted by Gasteiger charge is 2.06. The summed E-state index contributed by atoms with van der Waals surface area (Å²) in [6, 6.07) is 5.55. The summed E-state index contributed by atoms with van der Waals surface area (Å²) in [6.45, 7) is 4.26. The van der Waals surface area contributed by atoms with Crippen molar-refractivity contribution in [2.24, 2.45) is 0 Å². The first-order valence-corrected chi connectivity index (χ1v) is 4.93. The Morgan fingerprint density at radius 2 is 2.40 bits per heavy atom. The Balaban J connectivity index is 2.51. The van der Waals surface area contributed by atoms with E-state index in [-0.39, 0.29) is 0 Å². The Labute approximate surface area is 89.1 Å². The van der Waals surface area contributed by atoms with Crippen LogP contribution in [-0.4, -0.2) is 24.3 Å². The molecule has 0 aliphatic carbocycles. The molecule has 0 saturated carbocycles. The lowest BCUT2D eigenvalue weighted by atomic mass is 10.3. The van der Waals surface area contributed by atoms with Crippen molar-refractivity contribution in [1.29, 1.82) is 5.26 Å². The van der Waals surface area contributed by atoms with Gasteiger partial charge in [-0.2, -0.15) is 5.26 Å². The van der Waals surface area contributed by atoms with Gasteiger partial charge in [-0.25, -0.2) is 0 Å². The zero-order valence-corrected chi connectivity index (χ0v) is 8.77. The van der Waals surface area contributed by atoms with Gasteiger partial charge in [0.05, 0.1) is 12.6 Å². The quantitative estimate of drug-likeness (QED) is 0.666. The van der Waals surface area contributed by atoms with Crippen LogP contribution < -0.4 is 0 Å². The van der Waals surface area contributed by atoms with Crippen molar-refractivity contribution in [3.8, 4) is 6.07 Å². The highest BCUT2D eigenvalue weighted by atomic mass is 16.3. The van der Waals surface area contributed by atoms with E-state index < -0.39 is 0 Å². The second kappa shape index (κ2) is 5.99. The molecule has 0 fully saturated rings. The molecule has 0 aliphatic heterocycles. The van der Waals surface area contributed by atoms with Crippen LogP contribution in [0.5, 0.6) is 0 Å². The lowest BCUT2D eigenvalue weighted by Crippen LogP contribution is -2.23. The molecule has 0 aliphatic rings. The number of nitrogens with zero attached hydrogens (tertiary/aromatic N) is 2. The Kier molecular flexibility index (Phi) is 4.58. The molecule has 0 unspecified atom stereocenters. The van der Waals surface area contributed by atoms with Gasteiger partial charge in [-0.05, 0) is 18.7 Å². The molecular weight excluding hydrogens is 192 g/mol. The summed E-state index contributed by atoms with van der Waals surface area (Å²) >= 11 is 0. The van der Waals surface area contributed by atoms with Gasteiger partial charge in [0.1, 0.15) is 5.76 Å². The number of nitriles is 1. The van der Waals surface area contributed by atoms with E-state index in [1.54, 1.807) is 12.1 Å². The highest BCUT2D eigenvalue weighted by Crippen LogP contribution is 2.09. The molecule has 1 rings (SSSR count). The summed E-state index contributed by atoms with van der Waals surface area (Å²) in [7, 11) is 0. The fourth-order valence-corrected chi connectivity index (χ4v) is 1.32. The summed E-state index contributed by atoms with van der Waals surface area (Å²) in [5.74, 6) is 1.11. The molecule has 0 bridgehead atoms. The fraction of sp³-hybridized carbons (Fsp3) is 0.455. The molecule has 4 heteroatoms. The van der Waals surface area contributed by atoms with E-state index in [1.807, 2.05) is 6.92 Å². The first-order valence-electron chi connectivity index (χ1n) is 4.93. The molecule has 0 aromatic carbocycles. The van der Waals surface area contributed by atoms with Crippen LogP contribution in [0.25, 0.3) is 0 Å². The third-order valence-electron chi connectivity index (χ3n) is 2.17. The summed E-state index contributed by atoms with van der Waals surface area (Å²) in [5, 5.41) is 8.47. The molecule has 0 saturated heterocycles. The Bertz CT molecular complexity index is 352. The maximum absolute atomic E-state index is 10.4. The fourth-order valence-electron chi connectivity index (χ4n) is 1.32. The average Bonchev–Trinajstić information content (AvgIpc) is 2.71. The van der Waals surface area contributed by atoms with Gasteiger partial charge in [-0.3, -0.25) is 9.69 Å². The van der Waals surface area contributed by atoms with Crippen LogP contribution in [0, 0.1) is 11.3 Å². The second-order valence-corrected chi connectivity index (χ2v) is 3.20. The molecule has 0 atom stereocenters. The largest absolute Gasteiger partial charge is 0.457 e. The molecule has 1 aromatic rings. The van der Waals surface area contributed by atoms with Gasteiger partial charge in [0.25, 0.3) is 0 Å². The van der Waals surface area contributed by atoms with Gasteiger partial charge in [-0.1, -0.05) is 6.92 Å². The van der Waals surface area contributed by atoms with E-state index in [4.69, 9.17) is 9.68 Å². The number of carbonyl (C=O) groups excluding carboxylic acids is 1. The maximum Gasteiger partial charge on any atom is 0.185 e. The molecule has 0 spiro atoms. The Morgan fingerprint density at radius 1 is 1.60 bits per heavy atom. The van der Waals surface area contributed by atoms with Crippen LogP contribution in [0.1, 0.15) is 29.7 Å². The zero-order valence-electron chi connectivity index (χ0n) is 8.77. The van der Waals surface area contributed by atoms with Crippen molar-refractivity contribution >= 4 is 6.29 Å². The van der Waals surface area contributed by atoms with Crippen LogP contribution in [0.15, 0.2) is 16.5 Å². The number of aldehydes is 1. The molecule has 0 radical (unpaired) electrons. The van der Waals surface area contributed by atoms with Crippen LogP contribution in [0.2, 0.25) is 0 Å². The summed E-state index contributed by atoms with van der Waals surface area (Å²) in [6.07, 6.45) is 1.20. The van der Waals surface area contributed by atoms with Crippen LogP contribution in [-0.2, 0) is 6.54 Å². The summed E-state index contributed by atoms with van der Waals surface area (Å²) in [4.78, 5) is 12.5. The number of carbonyl (C=O) groups is 1. The smallest absolute Gasteiger partial charge is 0.185 e. The van der Waals surface area contributed by atoms with Crippen molar-refractivity contribution in [1.82, 2.24) is 4.90 Å². The van der Waals surface area contributed by atoms with Crippen LogP contribution >= 0.6 is 0 Å². The van der Waals surface area contributed by atoms with Crippen molar-refractivity contribution < 1.29 is 9.21 Å². The first-order chi connectivity index (χ1) is 7.30. The van der Waals surface area contributed by atoms with E-state index >= 15 is 0 Å². The molecule has 1 heterocycles. The van der Waals surface area contributed by atoms with E-state index in [0.717, 1.165) is 18.8 Å². The minimum Gasteiger partial charge on any atom is -0.457 e. The van der Waals surface area contributed by atoms with Crippen molar-refractivity contribution in [3.05, 3.63) is 23.7 Å². The summed E-state index contributed by atoms with van der Waals surface area (Å²) in [5.41, 5.74) is 0. The predicted octanol–water partition coefficient (Wildman–Crippen LogP) is 1.83. The third kappa shape index (κ3) is 3.56. The number of rotatable bonds is 6. The van der Waals surface area contributed by atoms with Crippen LogP contribution in [0.3, 0.4) is 0 Å². The highest BCUT2D eigenvalue weighted by molar-refractivity contribution is 5.70. The summed E-state index contributed by atoms with van der Waals surface area (Å²) < 4.78 is 5.25. The maximum atomic E-state index is 10.4. The minimum atomic E-state index is 0.348. The molecule has 4 nitrogen and oxygen atoms in total. The Morgan fingerprint density at radius 3 is 2.93 bits per heavy atom. The monoisotopic (exact) mass is 206 g/mol. The van der Waals surface area contributed by atoms with E-state index in [0.29, 0.717) is 25.0 Å². The lowest BCUT2D eigenvalue weighted by molar-refractivity contribution is 0.109. The lowest BCUT2D eigenvalue weighted by Gasteiger charge is -2.16. The van der Waals surface area contributed by atoms with Gasteiger partial charge >= 0.3 is 0 Å². The van der Waals surface area contributed by atoms with Crippen molar-refractivity contribution in [3.63, 3.8) is 0 Å². The molecule has 1 aromatic heterocycles. The standard InChI is InChI=1S/C11H14N2O2/c1-2-13(7-3-6-12)8-10-4-5-11(9-14)15-10/h4-5,9H,2-3,7-8H2,1H3. The first kappa shape index (κ1) is 11.5. The normalized spacial score (nSPS) is 10.2. The molecule has 0 amide bonds. The van der Waals surface area contributed by atoms with Crippen LogP contribution in [0.4, 0.5) is 0 Å². The second-order valence-electron chi connectivity index (χ2n) is 3.20. The molecular formula is C11H14N2O2. The van der Waals surface area contributed by atoms with E-state index in [9.17, 15) is 4.79 Å². The van der Waals surface area contributed by atoms with Gasteiger partial charge in [0, 0.05) is 13.0 Å². The predicted molar refractivity (Wildman–Crippen MR) is 55.3 cm³/mol. The minimum absolute atomic E-state index is 0.348. The molecule has 80 valence electrons. The van der Waals surface area contributed by atoms with Gasteiger partial charge in [0.2, 0.25) is 0 Å². The zero-order chi connectivity index (χ0) is 11.1. The van der Waals surface area contributed by atoms with Crippen molar-refractivity contribution in [2.75, 3.05) is 13.1 Å². The number of hydrogen-bond acceptors (Lipinski definition) is 4. The van der Waals surface area contributed by atoms with E-state index in [2.05, 4.69) is 11.0 Å². The third-order valence-corrected chi connectivity index (χ3v) is 2.17. The number of hydrogen-bond donors (Lipinski definition) is 0. The van der Waals surface area contributed by atoms with E-state index in [1.165, 1.54) is 0 Å². The number of furan rings is 1. The van der Waals surface area contributed by atoms with Gasteiger partial charge < -0.3 is 4.42 Å².